The maximum Gasteiger partial charge on any atom is 0.213 e. The minimum absolute atomic E-state index is 0.0274. The lowest BCUT2D eigenvalue weighted by molar-refractivity contribution is 0.588. The summed E-state index contributed by atoms with van der Waals surface area (Å²) in [5.74, 6) is 0.0274. The molecule has 5 nitrogen and oxygen atoms in total. The van der Waals surface area contributed by atoms with Gasteiger partial charge in [-0.3, -0.25) is 0 Å². The Labute approximate surface area is 113 Å². The minimum Gasteiger partial charge on any atom is -0.389 e. The Morgan fingerprint density at radius 1 is 1.44 bits per heavy atom. The molecule has 1 rings (SSSR count). The maximum absolute atomic E-state index is 11.2. The zero-order chi connectivity index (χ0) is 13.8. The summed E-state index contributed by atoms with van der Waals surface area (Å²) in [7, 11) is -1.78. The fourth-order valence-corrected chi connectivity index (χ4v) is 2.29. The van der Waals surface area contributed by atoms with Gasteiger partial charge in [-0.15, -0.1) is 0 Å². The molecule has 1 aromatic rings. The summed E-state index contributed by atoms with van der Waals surface area (Å²) in [5, 5.41) is 3.04. The van der Waals surface area contributed by atoms with Gasteiger partial charge in [-0.1, -0.05) is 12.2 Å². The molecule has 0 radical (unpaired) electrons. The van der Waals surface area contributed by atoms with Gasteiger partial charge >= 0.3 is 0 Å². The predicted molar refractivity (Wildman–Crippen MR) is 78.4 cm³/mol. The van der Waals surface area contributed by atoms with E-state index in [4.69, 9.17) is 18.0 Å². The van der Waals surface area contributed by atoms with Gasteiger partial charge < -0.3 is 11.1 Å². The van der Waals surface area contributed by atoms with E-state index in [9.17, 15) is 8.42 Å². The number of benzene rings is 1. The van der Waals surface area contributed by atoms with E-state index in [1.54, 1.807) is 0 Å². The lowest BCUT2D eigenvalue weighted by Crippen LogP contribution is -2.26. The third kappa shape index (κ3) is 4.25. The topological polar surface area (TPSA) is 84.2 Å². The average molecular weight is 287 g/mol. The second-order valence-electron chi connectivity index (χ2n) is 3.84. The Bertz CT molecular complexity index is 541. The monoisotopic (exact) mass is 287 g/mol. The van der Waals surface area contributed by atoms with Crippen molar-refractivity contribution in [2.75, 3.05) is 24.7 Å². The van der Waals surface area contributed by atoms with Gasteiger partial charge in [-0.25, -0.2) is 13.1 Å². The standard InChI is InChI=1S/C11H17N3O2S2/c1-8-7-9(3-4-10(8)11(12)17)14-5-6-18(15,16)13-2/h3-4,7,13-14H,5-6H2,1-2H3,(H2,12,17). The Kier molecular flexibility index (Phi) is 5.06. The first-order chi connectivity index (χ1) is 8.35. The van der Waals surface area contributed by atoms with E-state index < -0.39 is 10.0 Å². The fraction of sp³-hybridized carbons (Fsp3) is 0.364. The van der Waals surface area contributed by atoms with E-state index in [-0.39, 0.29) is 5.75 Å². The van der Waals surface area contributed by atoms with Crippen molar-refractivity contribution in [1.29, 1.82) is 0 Å². The van der Waals surface area contributed by atoms with Crippen molar-refractivity contribution in [2.24, 2.45) is 5.73 Å². The second kappa shape index (κ2) is 6.12. The van der Waals surface area contributed by atoms with Crippen molar-refractivity contribution in [2.45, 2.75) is 6.92 Å². The lowest BCUT2D eigenvalue weighted by Gasteiger charge is -2.10. The summed E-state index contributed by atoms with van der Waals surface area (Å²) in [6.07, 6.45) is 0. The van der Waals surface area contributed by atoms with Crippen LogP contribution in [0.1, 0.15) is 11.1 Å². The van der Waals surface area contributed by atoms with Crippen LogP contribution < -0.4 is 15.8 Å². The van der Waals surface area contributed by atoms with Gasteiger partial charge in [0.25, 0.3) is 0 Å². The van der Waals surface area contributed by atoms with Crippen LogP contribution in [-0.4, -0.2) is 32.8 Å². The number of rotatable bonds is 6. The summed E-state index contributed by atoms with van der Waals surface area (Å²) in [4.78, 5) is 0.358. The molecule has 0 amide bonds. The van der Waals surface area contributed by atoms with E-state index in [0.717, 1.165) is 16.8 Å². The van der Waals surface area contributed by atoms with Crippen LogP contribution in [0.2, 0.25) is 0 Å². The Balaban J connectivity index is 2.65. The summed E-state index contributed by atoms with van der Waals surface area (Å²) in [6, 6.07) is 5.54. The summed E-state index contributed by atoms with van der Waals surface area (Å²) in [5.41, 5.74) is 8.20. The van der Waals surface area contributed by atoms with Crippen LogP contribution in [0.5, 0.6) is 0 Å². The van der Waals surface area contributed by atoms with Crippen LogP contribution in [0.4, 0.5) is 5.69 Å². The number of nitrogens with one attached hydrogen (secondary N) is 2. The molecule has 4 N–H and O–H groups in total. The summed E-state index contributed by atoms with van der Waals surface area (Å²) >= 11 is 4.91. The molecule has 0 aliphatic carbocycles. The zero-order valence-electron chi connectivity index (χ0n) is 10.4. The number of nitrogens with two attached hydrogens (primary N) is 1. The Hall–Kier alpha value is -1.18. The molecule has 0 unspecified atom stereocenters. The lowest BCUT2D eigenvalue weighted by atomic mass is 10.1. The molecule has 1 aromatic carbocycles. The van der Waals surface area contributed by atoms with Crippen LogP contribution in [-0.2, 0) is 10.0 Å². The fourth-order valence-electron chi connectivity index (χ4n) is 1.48. The van der Waals surface area contributed by atoms with E-state index in [0.29, 0.717) is 11.5 Å². The van der Waals surface area contributed by atoms with Crippen molar-refractivity contribution in [3.8, 4) is 0 Å². The first-order valence-corrected chi connectivity index (χ1v) is 7.47. The Morgan fingerprint density at radius 3 is 2.61 bits per heavy atom. The van der Waals surface area contributed by atoms with Gasteiger partial charge in [0, 0.05) is 17.8 Å². The molecule has 0 saturated heterocycles. The predicted octanol–water partition coefficient (Wildman–Crippen LogP) is 0.590. The third-order valence-electron chi connectivity index (χ3n) is 2.50. The van der Waals surface area contributed by atoms with Gasteiger partial charge in [-0.2, -0.15) is 0 Å². The molecule has 0 bridgehead atoms. The molecular weight excluding hydrogens is 270 g/mol. The third-order valence-corrected chi connectivity index (χ3v) is 4.09. The second-order valence-corrected chi connectivity index (χ2v) is 6.33. The van der Waals surface area contributed by atoms with Crippen LogP contribution in [0.25, 0.3) is 0 Å². The summed E-state index contributed by atoms with van der Waals surface area (Å²) < 4.78 is 24.7. The highest BCUT2D eigenvalue weighted by molar-refractivity contribution is 7.89. The van der Waals surface area contributed by atoms with Crippen molar-refractivity contribution >= 4 is 32.9 Å². The van der Waals surface area contributed by atoms with Crippen molar-refractivity contribution in [3.63, 3.8) is 0 Å². The zero-order valence-corrected chi connectivity index (χ0v) is 12.0. The molecule has 0 aromatic heterocycles. The molecule has 0 saturated carbocycles. The average Bonchev–Trinajstić information content (AvgIpc) is 2.28. The number of hydrogen-bond donors (Lipinski definition) is 3. The van der Waals surface area contributed by atoms with Crippen LogP contribution in [0.3, 0.4) is 0 Å². The van der Waals surface area contributed by atoms with Gasteiger partial charge in [-0.05, 0) is 37.7 Å². The molecule has 0 heterocycles. The molecule has 0 aliphatic heterocycles. The number of sulfonamides is 1. The van der Waals surface area contributed by atoms with Crippen molar-refractivity contribution < 1.29 is 8.42 Å². The van der Waals surface area contributed by atoms with E-state index >= 15 is 0 Å². The van der Waals surface area contributed by atoms with E-state index in [1.807, 2.05) is 25.1 Å². The molecule has 100 valence electrons. The smallest absolute Gasteiger partial charge is 0.213 e. The van der Waals surface area contributed by atoms with Crippen LogP contribution in [0, 0.1) is 6.92 Å². The number of thiocarbonyl (C=S) groups is 1. The normalized spacial score (nSPS) is 11.2. The number of hydrogen-bond acceptors (Lipinski definition) is 4. The largest absolute Gasteiger partial charge is 0.389 e. The molecule has 0 fully saturated rings. The first-order valence-electron chi connectivity index (χ1n) is 5.41. The number of anilines is 1. The SMILES string of the molecule is CNS(=O)(=O)CCNc1ccc(C(N)=S)c(C)c1. The van der Waals surface area contributed by atoms with Gasteiger partial charge in [0.05, 0.1) is 5.75 Å². The highest BCUT2D eigenvalue weighted by atomic mass is 32.2. The van der Waals surface area contributed by atoms with Gasteiger partial charge in [0.15, 0.2) is 0 Å². The van der Waals surface area contributed by atoms with E-state index in [1.165, 1.54) is 7.05 Å². The van der Waals surface area contributed by atoms with Crippen molar-refractivity contribution in [1.82, 2.24) is 4.72 Å². The van der Waals surface area contributed by atoms with Crippen LogP contribution >= 0.6 is 12.2 Å². The maximum atomic E-state index is 11.2. The quantitative estimate of drug-likeness (QED) is 0.667. The van der Waals surface area contributed by atoms with Crippen molar-refractivity contribution in [3.05, 3.63) is 29.3 Å². The Morgan fingerprint density at radius 2 is 2.11 bits per heavy atom. The van der Waals surface area contributed by atoms with Crippen LogP contribution in [0.15, 0.2) is 18.2 Å². The molecule has 0 spiro atoms. The molecule has 18 heavy (non-hydrogen) atoms. The first kappa shape index (κ1) is 14.9. The highest BCUT2D eigenvalue weighted by Gasteiger charge is 2.06. The summed E-state index contributed by atoms with van der Waals surface area (Å²) in [6.45, 7) is 2.25. The van der Waals surface area contributed by atoms with Gasteiger partial charge in [0.2, 0.25) is 10.0 Å². The van der Waals surface area contributed by atoms with Gasteiger partial charge in [0.1, 0.15) is 4.99 Å². The number of aryl methyl sites for hydroxylation is 1. The molecule has 7 heteroatoms. The minimum atomic E-state index is -3.17. The molecular formula is C11H17N3O2S2. The molecule has 0 aliphatic rings. The highest BCUT2D eigenvalue weighted by Crippen LogP contribution is 2.14. The van der Waals surface area contributed by atoms with E-state index in [2.05, 4.69) is 10.0 Å². The molecule has 0 atom stereocenters.